The standard InChI is InChI=1S/C38H74O11/c1-8-14-20-42-27-29-33(44-22-16-10-3)36(46-24-18-12-5)37(47-25-19-13-6)35(48-29)31(40)30-32(43-21-15-9-2)28(26-39)49-38(41-7)34(30)45-23-17-11-4/h28-40H,8-27H2,1-7H3/t28-,29-,30+,31?,32-,33-,34+,35-,36+,37-,38+/m1/s1. The van der Waals surface area contributed by atoms with E-state index in [4.69, 9.17) is 42.6 Å². The van der Waals surface area contributed by atoms with Gasteiger partial charge in [-0.25, -0.2) is 0 Å². The van der Waals surface area contributed by atoms with Gasteiger partial charge in [0.25, 0.3) is 0 Å². The quantitative estimate of drug-likeness (QED) is 0.0913. The highest BCUT2D eigenvalue weighted by molar-refractivity contribution is 5.04. The third kappa shape index (κ3) is 14.5. The maximum absolute atomic E-state index is 12.7. The van der Waals surface area contributed by atoms with Gasteiger partial charge >= 0.3 is 0 Å². The number of rotatable bonds is 29. The third-order valence-electron chi connectivity index (χ3n) is 9.48. The van der Waals surface area contributed by atoms with Gasteiger partial charge in [0.05, 0.1) is 25.4 Å². The minimum Gasteiger partial charge on any atom is -0.394 e. The molecule has 11 heteroatoms. The monoisotopic (exact) mass is 707 g/mol. The van der Waals surface area contributed by atoms with Gasteiger partial charge in [-0.1, -0.05) is 80.1 Å². The lowest BCUT2D eigenvalue weighted by atomic mass is 9.78. The van der Waals surface area contributed by atoms with Crippen molar-refractivity contribution >= 4 is 0 Å². The number of aliphatic hydroxyl groups is 2. The average Bonchev–Trinajstić information content (AvgIpc) is 3.11. The van der Waals surface area contributed by atoms with E-state index in [-0.39, 0.29) is 6.61 Å². The molecule has 0 bridgehead atoms. The van der Waals surface area contributed by atoms with Crippen LogP contribution >= 0.6 is 0 Å². The molecular weight excluding hydrogens is 632 g/mol. The van der Waals surface area contributed by atoms with E-state index < -0.39 is 67.1 Å². The smallest absolute Gasteiger partial charge is 0.184 e. The SMILES string of the molecule is CCCCOC[C@H]1O[C@H](C(O)[C@@H]2[C@H](OCCCC)[C@@H](OC)O[C@H](CO)[C@H]2OCCCC)[C@@H](OCCCC)[C@@H](OCCCC)[C@@H]1OCCCC. The Balaban J connectivity index is 2.64. The van der Waals surface area contributed by atoms with Gasteiger partial charge in [-0.3, -0.25) is 0 Å². The lowest BCUT2D eigenvalue weighted by Gasteiger charge is -2.52. The summed E-state index contributed by atoms with van der Waals surface area (Å²) < 4.78 is 58.0. The molecule has 11 nitrogen and oxygen atoms in total. The summed E-state index contributed by atoms with van der Waals surface area (Å²) >= 11 is 0. The Kier molecular flexibility index (Phi) is 24.8. The van der Waals surface area contributed by atoms with Gasteiger partial charge in [-0.15, -0.1) is 0 Å². The van der Waals surface area contributed by atoms with Gasteiger partial charge in [0.2, 0.25) is 0 Å². The molecule has 0 spiro atoms. The van der Waals surface area contributed by atoms with Crippen molar-refractivity contribution in [2.75, 3.05) is 60.0 Å². The average molecular weight is 707 g/mol. The van der Waals surface area contributed by atoms with Gasteiger partial charge < -0.3 is 52.8 Å². The first kappa shape index (κ1) is 44.7. The molecule has 11 atom stereocenters. The number of aliphatic hydroxyl groups excluding tert-OH is 2. The molecule has 0 aromatic rings. The van der Waals surface area contributed by atoms with E-state index in [1.54, 1.807) is 7.11 Å². The lowest BCUT2D eigenvalue weighted by molar-refractivity contribution is -0.329. The fraction of sp³-hybridized carbons (Fsp3) is 1.00. The van der Waals surface area contributed by atoms with Gasteiger partial charge in [-0.05, 0) is 38.5 Å². The number of methoxy groups -OCH3 is 1. The van der Waals surface area contributed by atoms with E-state index in [0.717, 1.165) is 77.0 Å². The first-order valence-electron chi connectivity index (χ1n) is 19.8. The molecule has 0 aliphatic carbocycles. The maximum Gasteiger partial charge on any atom is 0.184 e. The summed E-state index contributed by atoms with van der Waals surface area (Å²) in [4.78, 5) is 0. The predicted molar refractivity (Wildman–Crippen MR) is 190 cm³/mol. The second-order valence-corrected chi connectivity index (χ2v) is 13.5. The molecule has 2 rings (SSSR count). The summed E-state index contributed by atoms with van der Waals surface area (Å²) in [6.07, 6.45) is 4.14. The number of hydrogen-bond acceptors (Lipinski definition) is 11. The summed E-state index contributed by atoms with van der Waals surface area (Å²) in [5.74, 6) is -0.664. The van der Waals surface area contributed by atoms with Crippen molar-refractivity contribution < 1.29 is 52.8 Å². The molecule has 0 radical (unpaired) electrons. The molecule has 0 amide bonds. The molecule has 0 aromatic heterocycles. The van der Waals surface area contributed by atoms with Crippen molar-refractivity contribution in [3.63, 3.8) is 0 Å². The van der Waals surface area contributed by atoms with Crippen molar-refractivity contribution in [3.05, 3.63) is 0 Å². The fourth-order valence-electron chi connectivity index (χ4n) is 6.49. The summed E-state index contributed by atoms with van der Waals surface area (Å²) in [6, 6.07) is 0. The van der Waals surface area contributed by atoms with Crippen molar-refractivity contribution in [2.45, 2.75) is 180 Å². The second kappa shape index (κ2) is 27.2. The Morgan fingerprint density at radius 2 is 0.980 bits per heavy atom. The molecule has 1 unspecified atom stereocenters. The summed E-state index contributed by atoms with van der Waals surface area (Å²) in [5.41, 5.74) is 0. The molecule has 0 saturated carbocycles. The first-order valence-corrected chi connectivity index (χ1v) is 19.8. The molecule has 0 aromatic carbocycles. The van der Waals surface area contributed by atoms with E-state index in [1.807, 2.05) is 0 Å². The van der Waals surface area contributed by atoms with Crippen LogP contribution in [0.25, 0.3) is 0 Å². The highest BCUT2D eigenvalue weighted by Crippen LogP contribution is 2.39. The lowest BCUT2D eigenvalue weighted by Crippen LogP contribution is -2.68. The predicted octanol–water partition coefficient (Wildman–Crippen LogP) is 5.84. The van der Waals surface area contributed by atoms with Crippen LogP contribution in [-0.2, 0) is 42.6 Å². The topological polar surface area (TPSA) is 124 Å². The summed E-state index contributed by atoms with van der Waals surface area (Å²) in [5, 5.41) is 23.3. The van der Waals surface area contributed by atoms with Gasteiger partial charge in [0.1, 0.15) is 42.7 Å². The van der Waals surface area contributed by atoms with Crippen LogP contribution < -0.4 is 0 Å². The Morgan fingerprint density at radius 3 is 1.47 bits per heavy atom. The zero-order valence-electron chi connectivity index (χ0n) is 32.1. The van der Waals surface area contributed by atoms with E-state index in [0.29, 0.717) is 46.2 Å². The van der Waals surface area contributed by atoms with Gasteiger partial charge in [-0.2, -0.15) is 0 Å². The highest BCUT2D eigenvalue weighted by Gasteiger charge is 2.57. The molecule has 292 valence electrons. The molecule has 2 N–H and O–H groups in total. The number of ether oxygens (including phenoxy) is 9. The van der Waals surface area contributed by atoms with Crippen LogP contribution in [0.3, 0.4) is 0 Å². The molecule has 2 aliphatic rings. The third-order valence-corrected chi connectivity index (χ3v) is 9.48. The largest absolute Gasteiger partial charge is 0.394 e. The van der Waals surface area contributed by atoms with Crippen LogP contribution in [0.2, 0.25) is 0 Å². The van der Waals surface area contributed by atoms with Crippen LogP contribution in [0.4, 0.5) is 0 Å². The van der Waals surface area contributed by atoms with Gasteiger partial charge in [0, 0.05) is 52.7 Å². The molecule has 2 heterocycles. The van der Waals surface area contributed by atoms with Gasteiger partial charge in [0.15, 0.2) is 6.29 Å². The zero-order chi connectivity index (χ0) is 35.9. The van der Waals surface area contributed by atoms with E-state index >= 15 is 0 Å². The van der Waals surface area contributed by atoms with Crippen LogP contribution in [0.1, 0.15) is 119 Å². The highest BCUT2D eigenvalue weighted by atomic mass is 16.7. The summed E-state index contributed by atoms with van der Waals surface area (Å²) in [7, 11) is 1.56. The van der Waals surface area contributed by atoms with Crippen molar-refractivity contribution in [2.24, 2.45) is 5.92 Å². The Labute approximate surface area is 298 Å². The van der Waals surface area contributed by atoms with Crippen LogP contribution in [0.5, 0.6) is 0 Å². The second-order valence-electron chi connectivity index (χ2n) is 13.5. The number of unbranched alkanes of at least 4 members (excludes halogenated alkanes) is 6. The van der Waals surface area contributed by atoms with Crippen LogP contribution in [-0.4, -0.2) is 131 Å². The first-order chi connectivity index (χ1) is 24.0. The zero-order valence-corrected chi connectivity index (χ0v) is 32.1. The fourth-order valence-corrected chi connectivity index (χ4v) is 6.49. The van der Waals surface area contributed by atoms with E-state index in [1.165, 1.54) is 0 Å². The van der Waals surface area contributed by atoms with Crippen molar-refractivity contribution in [1.82, 2.24) is 0 Å². The number of hydrogen-bond donors (Lipinski definition) is 2. The Morgan fingerprint density at radius 1 is 0.531 bits per heavy atom. The Bertz CT molecular complexity index is 752. The van der Waals surface area contributed by atoms with E-state index in [2.05, 4.69) is 41.5 Å². The molecule has 2 fully saturated rings. The summed E-state index contributed by atoms with van der Waals surface area (Å²) in [6.45, 7) is 15.9. The molecule has 2 saturated heterocycles. The van der Waals surface area contributed by atoms with Crippen molar-refractivity contribution in [3.8, 4) is 0 Å². The van der Waals surface area contributed by atoms with E-state index in [9.17, 15) is 10.2 Å². The van der Waals surface area contributed by atoms with Crippen molar-refractivity contribution in [1.29, 1.82) is 0 Å². The minimum atomic E-state index is -1.15. The van der Waals surface area contributed by atoms with Crippen LogP contribution in [0.15, 0.2) is 0 Å². The maximum atomic E-state index is 12.7. The molecule has 49 heavy (non-hydrogen) atoms. The molecule has 2 aliphatic heterocycles. The molecular formula is C38H74O11. The normalized spacial score (nSPS) is 31.3. The Hall–Kier alpha value is -0.440. The minimum absolute atomic E-state index is 0.298. The van der Waals surface area contributed by atoms with Crippen LogP contribution in [0, 0.1) is 5.92 Å².